The summed E-state index contributed by atoms with van der Waals surface area (Å²) in [5, 5.41) is 12.3. The zero-order chi connectivity index (χ0) is 7.56. The van der Waals surface area contributed by atoms with Crippen molar-refractivity contribution < 1.29 is 9.90 Å². The third kappa shape index (κ3) is 1.16. The maximum atomic E-state index is 10.8. The third-order valence-electron chi connectivity index (χ3n) is 1.58. The Kier molecular flexibility index (Phi) is 2.01. The number of amides is 1. The fourth-order valence-electron chi connectivity index (χ4n) is 0.958. The summed E-state index contributed by atoms with van der Waals surface area (Å²) in [7, 11) is 0. The normalized spacial score (nSPS) is 24.4. The van der Waals surface area contributed by atoms with Gasteiger partial charge in [-0.1, -0.05) is 0 Å². The second-order valence-electron chi connectivity index (χ2n) is 2.29. The van der Waals surface area contributed by atoms with Crippen molar-refractivity contribution in [3.8, 4) is 0 Å². The molecule has 0 aromatic carbocycles. The van der Waals surface area contributed by atoms with Gasteiger partial charge in [0.15, 0.2) is 0 Å². The van der Waals surface area contributed by atoms with E-state index in [9.17, 15) is 4.79 Å². The number of hydrazone groups is 1. The van der Waals surface area contributed by atoms with Gasteiger partial charge in [-0.25, -0.2) is 5.43 Å². The Morgan fingerprint density at radius 3 is 2.90 bits per heavy atom. The molecule has 1 aliphatic heterocycles. The maximum absolute atomic E-state index is 10.8. The molecule has 56 valence electrons. The number of hydrogen-bond donors (Lipinski definition) is 2. The molecule has 0 saturated carbocycles. The lowest BCUT2D eigenvalue weighted by molar-refractivity contribution is -0.122. The number of nitrogens with one attached hydrogen (secondary N) is 1. The van der Waals surface area contributed by atoms with Crippen molar-refractivity contribution in [2.75, 3.05) is 6.61 Å². The zero-order valence-corrected chi connectivity index (χ0v) is 5.79. The quantitative estimate of drug-likeness (QED) is 0.545. The van der Waals surface area contributed by atoms with Crippen LogP contribution in [0.15, 0.2) is 5.10 Å². The summed E-state index contributed by atoms with van der Waals surface area (Å²) in [6.45, 7) is 1.81. The summed E-state index contributed by atoms with van der Waals surface area (Å²) in [6, 6.07) is 0. The summed E-state index contributed by atoms with van der Waals surface area (Å²) >= 11 is 0. The first-order chi connectivity index (χ1) is 4.75. The van der Waals surface area contributed by atoms with Gasteiger partial charge in [0.25, 0.3) is 0 Å². The minimum Gasteiger partial charge on any atom is -0.396 e. The van der Waals surface area contributed by atoms with Crippen molar-refractivity contribution in [2.45, 2.75) is 13.3 Å². The summed E-state index contributed by atoms with van der Waals surface area (Å²) < 4.78 is 0. The molecule has 0 saturated heterocycles. The van der Waals surface area contributed by atoms with Crippen LogP contribution in [-0.2, 0) is 4.79 Å². The van der Waals surface area contributed by atoms with Crippen LogP contribution in [0.3, 0.4) is 0 Å². The van der Waals surface area contributed by atoms with Crippen molar-refractivity contribution in [1.29, 1.82) is 0 Å². The predicted octanol–water partition coefficient (Wildman–Crippen LogP) is -0.509. The summed E-state index contributed by atoms with van der Waals surface area (Å²) in [4.78, 5) is 10.8. The Balaban J connectivity index is 2.56. The highest BCUT2D eigenvalue weighted by molar-refractivity contribution is 6.06. The van der Waals surface area contributed by atoms with Crippen LogP contribution in [0.1, 0.15) is 13.3 Å². The molecule has 0 aliphatic carbocycles. The topological polar surface area (TPSA) is 61.7 Å². The van der Waals surface area contributed by atoms with E-state index >= 15 is 0 Å². The molecule has 1 heterocycles. The van der Waals surface area contributed by atoms with E-state index < -0.39 is 0 Å². The van der Waals surface area contributed by atoms with Crippen LogP contribution in [0, 0.1) is 5.92 Å². The van der Waals surface area contributed by atoms with E-state index in [2.05, 4.69) is 10.5 Å². The van der Waals surface area contributed by atoms with Gasteiger partial charge in [-0.2, -0.15) is 5.10 Å². The monoisotopic (exact) mass is 142 g/mol. The second kappa shape index (κ2) is 2.79. The van der Waals surface area contributed by atoms with Gasteiger partial charge < -0.3 is 5.11 Å². The minimum atomic E-state index is -0.204. The Morgan fingerprint density at radius 2 is 2.50 bits per heavy atom. The number of carbonyl (C=O) groups is 1. The van der Waals surface area contributed by atoms with E-state index in [1.807, 2.05) is 0 Å². The molecule has 0 aromatic heterocycles. The van der Waals surface area contributed by atoms with Gasteiger partial charge in [0.1, 0.15) is 0 Å². The fraction of sp³-hybridized carbons (Fsp3) is 0.667. The van der Waals surface area contributed by atoms with Crippen LogP contribution >= 0.6 is 0 Å². The Hall–Kier alpha value is -0.900. The molecule has 1 rings (SSSR count). The van der Waals surface area contributed by atoms with Gasteiger partial charge in [-0.05, 0) is 13.3 Å². The van der Waals surface area contributed by atoms with Crippen LogP contribution in [0.2, 0.25) is 0 Å². The Bertz CT molecular complexity index is 177. The predicted molar refractivity (Wildman–Crippen MR) is 36.4 cm³/mol. The van der Waals surface area contributed by atoms with Crippen molar-refractivity contribution in [1.82, 2.24) is 5.43 Å². The highest BCUT2D eigenvalue weighted by Crippen LogP contribution is 2.09. The molecule has 4 nitrogen and oxygen atoms in total. The number of aliphatic hydroxyl groups excluding tert-OH is 1. The van der Waals surface area contributed by atoms with Gasteiger partial charge in [0.05, 0.1) is 5.92 Å². The van der Waals surface area contributed by atoms with Crippen molar-refractivity contribution >= 4 is 11.6 Å². The molecule has 1 aliphatic rings. The van der Waals surface area contributed by atoms with Gasteiger partial charge in [0.2, 0.25) is 5.91 Å². The maximum Gasteiger partial charge on any atom is 0.249 e. The molecule has 2 N–H and O–H groups in total. The average Bonchev–Trinajstić information content (AvgIpc) is 2.20. The number of aliphatic hydroxyl groups is 1. The van der Waals surface area contributed by atoms with Gasteiger partial charge in [0, 0.05) is 12.3 Å². The van der Waals surface area contributed by atoms with E-state index in [0.29, 0.717) is 6.42 Å². The van der Waals surface area contributed by atoms with Crippen LogP contribution in [-0.4, -0.2) is 23.3 Å². The first-order valence-electron chi connectivity index (χ1n) is 3.20. The Morgan fingerprint density at radius 1 is 1.80 bits per heavy atom. The molecule has 0 unspecified atom stereocenters. The molecular weight excluding hydrogens is 132 g/mol. The van der Waals surface area contributed by atoms with Crippen molar-refractivity contribution in [3.63, 3.8) is 0 Å². The molecule has 1 amide bonds. The average molecular weight is 142 g/mol. The molecular formula is C6H10N2O2. The summed E-state index contributed by atoms with van der Waals surface area (Å²) in [5.41, 5.74) is 3.11. The van der Waals surface area contributed by atoms with Crippen molar-refractivity contribution in [3.05, 3.63) is 0 Å². The van der Waals surface area contributed by atoms with Gasteiger partial charge in [-0.3, -0.25) is 4.79 Å². The standard InChI is InChI=1S/C6H10N2O2/c1-4-5(2-3-9)6(10)8-7-4/h5,9H,2-3H2,1H3,(H,8,10)/t5-/m0/s1. The first-order valence-corrected chi connectivity index (χ1v) is 3.20. The SMILES string of the molecule is CC1=NNC(=O)[C@H]1CCO. The third-order valence-corrected chi connectivity index (χ3v) is 1.58. The van der Waals surface area contributed by atoms with Gasteiger partial charge in [-0.15, -0.1) is 0 Å². The molecule has 10 heavy (non-hydrogen) atoms. The molecule has 0 bridgehead atoms. The van der Waals surface area contributed by atoms with E-state index in [-0.39, 0.29) is 18.4 Å². The second-order valence-corrected chi connectivity index (χ2v) is 2.29. The minimum absolute atomic E-state index is 0.0327. The van der Waals surface area contributed by atoms with Crippen LogP contribution < -0.4 is 5.43 Å². The molecule has 1 atom stereocenters. The smallest absolute Gasteiger partial charge is 0.249 e. The summed E-state index contributed by atoms with van der Waals surface area (Å²) in [5.74, 6) is -0.309. The largest absolute Gasteiger partial charge is 0.396 e. The van der Waals surface area contributed by atoms with Crippen LogP contribution in [0.5, 0.6) is 0 Å². The van der Waals surface area contributed by atoms with Gasteiger partial charge >= 0.3 is 0 Å². The first kappa shape index (κ1) is 7.21. The number of nitrogens with zero attached hydrogens (tertiary/aromatic N) is 1. The lowest BCUT2D eigenvalue weighted by Crippen LogP contribution is -2.22. The van der Waals surface area contributed by atoms with Crippen LogP contribution in [0.4, 0.5) is 0 Å². The highest BCUT2D eigenvalue weighted by Gasteiger charge is 2.25. The highest BCUT2D eigenvalue weighted by atomic mass is 16.3. The van der Waals surface area contributed by atoms with E-state index in [4.69, 9.17) is 5.11 Å². The number of carbonyl (C=O) groups excluding carboxylic acids is 1. The Labute approximate surface area is 58.9 Å². The van der Waals surface area contributed by atoms with E-state index in [1.54, 1.807) is 6.92 Å². The van der Waals surface area contributed by atoms with Crippen molar-refractivity contribution in [2.24, 2.45) is 11.0 Å². The summed E-state index contributed by atoms with van der Waals surface area (Å²) in [6.07, 6.45) is 0.473. The number of rotatable bonds is 2. The molecule has 0 radical (unpaired) electrons. The fourth-order valence-corrected chi connectivity index (χ4v) is 0.958. The molecule has 0 spiro atoms. The number of hydrogen-bond acceptors (Lipinski definition) is 3. The lowest BCUT2D eigenvalue weighted by Gasteiger charge is -2.02. The van der Waals surface area contributed by atoms with E-state index in [0.717, 1.165) is 5.71 Å². The lowest BCUT2D eigenvalue weighted by atomic mass is 10.0. The van der Waals surface area contributed by atoms with E-state index in [1.165, 1.54) is 0 Å². The zero-order valence-electron chi connectivity index (χ0n) is 5.79. The molecule has 0 aromatic rings. The van der Waals surface area contributed by atoms with Crippen LogP contribution in [0.25, 0.3) is 0 Å². The molecule has 0 fully saturated rings. The molecule has 4 heteroatoms.